The predicted octanol–water partition coefficient (Wildman–Crippen LogP) is 2.57. The van der Waals surface area contributed by atoms with Crippen LogP contribution in [0.4, 0.5) is 4.39 Å². The molecule has 0 aliphatic carbocycles. The van der Waals surface area contributed by atoms with E-state index in [0.717, 1.165) is 24.3 Å². The van der Waals surface area contributed by atoms with E-state index in [1.807, 2.05) is 6.20 Å². The van der Waals surface area contributed by atoms with E-state index in [-0.39, 0.29) is 5.82 Å². The molecule has 0 spiro atoms. The number of aromatic nitrogens is 2. The minimum Gasteiger partial charge on any atom is -0.329 e. The first-order chi connectivity index (χ1) is 8.65. The van der Waals surface area contributed by atoms with Crippen molar-refractivity contribution in [2.24, 2.45) is 0 Å². The first kappa shape index (κ1) is 12.8. The minimum atomic E-state index is -0.203. The van der Waals surface area contributed by atoms with Crippen LogP contribution in [0.2, 0.25) is 0 Å². The van der Waals surface area contributed by atoms with E-state index >= 15 is 0 Å². The van der Waals surface area contributed by atoms with Gasteiger partial charge in [0.15, 0.2) is 0 Å². The van der Waals surface area contributed by atoms with Crippen molar-refractivity contribution in [3.8, 4) is 0 Å². The second kappa shape index (κ2) is 5.78. The number of halogens is 1. The van der Waals surface area contributed by atoms with Crippen molar-refractivity contribution in [3.05, 3.63) is 53.9 Å². The Hall–Kier alpha value is -1.68. The lowest BCUT2D eigenvalue weighted by atomic mass is 10.2. The van der Waals surface area contributed by atoms with Crippen LogP contribution in [0.15, 0.2) is 36.8 Å². The van der Waals surface area contributed by atoms with Gasteiger partial charge in [0.05, 0.1) is 12.0 Å². The molecule has 0 bridgehead atoms. The highest BCUT2D eigenvalue weighted by molar-refractivity contribution is 5.17. The number of hydrogen-bond acceptors (Lipinski definition) is 2. The molecule has 0 radical (unpaired) electrons. The molecule has 0 saturated heterocycles. The lowest BCUT2D eigenvalue weighted by molar-refractivity contribution is 0.564. The number of hydrogen-bond donors (Lipinski definition) is 1. The van der Waals surface area contributed by atoms with Gasteiger partial charge in [0.2, 0.25) is 0 Å². The van der Waals surface area contributed by atoms with Crippen LogP contribution in [-0.2, 0) is 13.1 Å². The molecular formula is C14H18FN3. The monoisotopic (exact) mass is 247 g/mol. The SMILES string of the molecule is CC(C)NCc1cncn1Cc1ccc(F)cc1. The van der Waals surface area contributed by atoms with E-state index in [2.05, 4.69) is 28.7 Å². The van der Waals surface area contributed by atoms with Gasteiger partial charge in [-0.1, -0.05) is 26.0 Å². The lowest BCUT2D eigenvalue weighted by Crippen LogP contribution is -2.23. The van der Waals surface area contributed by atoms with Gasteiger partial charge in [-0.3, -0.25) is 0 Å². The van der Waals surface area contributed by atoms with Crippen LogP contribution >= 0.6 is 0 Å². The summed E-state index contributed by atoms with van der Waals surface area (Å²) in [7, 11) is 0. The van der Waals surface area contributed by atoms with E-state index in [0.29, 0.717) is 6.04 Å². The van der Waals surface area contributed by atoms with Gasteiger partial charge >= 0.3 is 0 Å². The summed E-state index contributed by atoms with van der Waals surface area (Å²) in [6, 6.07) is 7.01. The Morgan fingerprint density at radius 2 is 2.00 bits per heavy atom. The average Bonchev–Trinajstić information content (AvgIpc) is 2.77. The standard InChI is InChI=1S/C14H18FN3/c1-11(2)17-8-14-7-16-10-18(14)9-12-3-5-13(15)6-4-12/h3-7,10-11,17H,8-9H2,1-2H3. The maximum atomic E-state index is 12.8. The first-order valence-corrected chi connectivity index (χ1v) is 6.12. The van der Waals surface area contributed by atoms with Crippen LogP contribution in [0.5, 0.6) is 0 Å². The number of nitrogens with zero attached hydrogens (tertiary/aromatic N) is 2. The van der Waals surface area contributed by atoms with E-state index < -0.39 is 0 Å². The zero-order valence-electron chi connectivity index (χ0n) is 10.7. The van der Waals surface area contributed by atoms with Gasteiger partial charge in [-0.2, -0.15) is 0 Å². The molecule has 1 heterocycles. The maximum absolute atomic E-state index is 12.8. The molecule has 2 rings (SSSR count). The third-order valence-corrected chi connectivity index (χ3v) is 2.76. The minimum absolute atomic E-state index is 0.203. The maximum Gasteiger partial charge on any atom is 0.123 e. The Balaban J connectivity index is 2.05. The van der Waals surface area contributed by atoms with Gasteiger partial charge in [-0.05, 0) is 17.7 Å². The largest absolute Gasteiger partial charge is 0.329 e. The third-order valence-electron chi connectivity index (χ3n) is 2.76. The van der Waals surface area contributed by atoms with Crippen LogP contribution in [0.3, 0.4) is 0 Å². The van der Waals surface area contributed by atoms with Crippen LogP contribution in [0, 0.1) is 5.82 Å². The van der Waals surface area contributed by atoms with E-state index in [4.69, 9.17) is 0 Å². The zero-order chi connectivity index (χ0) is 13.0. The Morgan fingerprint density at radius 3 is 2.67 bits per heavy atom. The highest BCUT2D eigenvalue weighted by atomic mass is 19.1. The molecule has 0 atom stereocenters. The Kier molecular flexibility index (Phi) is 4.10. The van der Waals surface area contributed by atoms with Gasteiger partial charge < -0.3 is 9.88 Å². The average molecular weight is 247 g/mol. The highest BCUT2D eigenvalue weighted by Gasteiger charge is 2.03. The summed E-state index contributed by atoms with van der Waals surface area (Å²) >= 11 is 0. The molecule has 18 heavy (non-hydrogen) atoms. The molecule has 96 valence electrons. The molecule has 0 aliphatic heterocycles. The summed E-state index contributed by atoms with van der Waals surface area (Å²) in [5.74, 6) is -0.203. The summed E-state index contributed by atoms with van der Waals surface area (Å²) in [5, 5.41) is 3.36. The molecule has 2 aromatic rings. The Morgan fingerprint density at radius 1 is 1.28 bits per heavy atom. The smallest absolute Gasteiger partial charge is 0.123 e. The van der Waals surface area contributed by atoms with Crippen molar-refractivity contribution < 1.29 is 4.39 Å². The second-order valence-corrected chi connectivity index (χ2v) is 4.67. The quantitative estimate of drug-likeness (QED) is 0.880. The summed E-state index contributed by atoms with van der Waals surface area (Å²) in [6.07, 6.45) is 3.67. The van der Waals surface area contributed by atoms with Crippen molar-refractivity contribution in [1.82, 2.24) is 14.9 Å². The summed E-state index contributed by atoms with van der Waals surface area (Å²) in [6.45, 7) is 5.73. The second-order valence-electron chi connectivity index (χ2n) is 4.67. The molecular weight excluding hydrogens is 229 g/mol. The fraction of sp³-hybridized carbons (Fsp3) is 0.357. The Bertz CT molecular complexity index is 488. The fourth-order valence-electron chi connectivity index (χ4n) is 1.73. The van der Waals surface area contributed by atoms with Gasteiger partial charge in [-0.25, -0.2) is 9.37 Å². The molecule has 0 unspecified atom stereocenters. The molecule has 1 aromatic carbocycles. The zero-order valence-corrected chi connectivity index (χ0v) is 10.7. The molecule has 4 heteroatoms. The predicted molar refractivity (Wildman–Crippen MR) is 69.7 cm³/mol. The molecule has 1 aromatic heterocycles. The molecule has 0 amide bonds. The van der Waals surface area contributed by atoms with Crippen LogP contribution in [-0.4, -0.2) is 15.6 Å². The molecule has 0 fully saturated rings. The third kappa shape index (κ3) is 3.40. The molecule has 1 N–H and O–H groups in total. The molecule has 3 nitrogen and oxygen atoms in total. The van der Waals surface area contributed by atoms with Crippen molar-refractivity contribution in [1.29, 1.82) is 0 Å². The van der Waals surface area contributed by atoms with E-state index in [1.165, 1.54) is 12.1 Å². The van der Waals surface area contributed by atoms with Gasteiger partial charge in [0, 0.05) is 25.3 Å². The van der Waals surface area contributed by atoms with Crippen LogP contribution in [0.1, 0.15) is 25.1 Å². The van der Waals surface area contributed by atoms with Crippen LogP contribution < -0.4 is 5.32 Å². The van der Waals surface area contributed by atoms with Gasteiger partial charge in [0.25, 0.3) is 0 Å². The summed E-state index contributed by atoms with van der Waals surface area (Å²) in [5.41, 5.74) is 2.20. The number of imidazole rings is 1. The highest BCUT2D eigenvalue weighted by Crippen LogP contribution is 2.08. The lowest BCUT2D eigenvalue weighted by Gasteiger charge is -2.11. The fourth-order valence-corrected chi connectivity index (χ4v) is 1.73. The van der Waals surface area contributed by atoms with E-state index in [1.54, 1.807) is 18.5 Å². The van der Waals surface area contributed by atoms with Crippen molar-refractivity contribution in [3.63, 3.8) is 0 Å². The van der Waals surface area contributed by atoms with E-state index in [9.17, 15) is 4.39 Å². The summed E-state index contributed by atoms with van der Waals surface area (Å²) in [4.78, 5) is 4.16. The van der Waals surface area contributed by atoms with Crippen molar-refractivity contribution in [2.75, 3.05) is 0 Å². The Labute approximate surface area is 107 Å². The van der Waals surface area contributed by atoms with Crippen LogP contribution in [0.25, 0.3) is 0 Å². The molecule has 0 aliphatic rings. The number of rotatable bonds is 5. The normalized spacial score (nSPS) is 11.1. The molecule has 0 saturated carbocycles. The topological polar surface area (TPSA) is 29.9 Å². The number of nitrogens with one attached hydrogen (secondary N) is 1. The van der Waals surface area contributed by atoms with Crippen molar-refractivity contribution >= 4 is 0 Å². The van der Waals surface area contributed by atoms with Gasteiger partial charge in [-0.15, -0.1) is 0 Å². The number of benzene rings is 1. The first-order valence-electron chi connectivity index (χ1n) is 6.12. The van der Waals surface area contributed by atoms with Gasteiger partial charge in [0.1, 0.15) is 5.82 Å². The van der Waals surface area contributed by atoms with Crippen molar-refractivity contribution in [2.45, 2.75) is 33.0 Å². The summed E-state index contributed by atoms with van der Waals surface area (Å²) < 4.78 is 14.9.